The number of nitrogens with zero attached hydrogens (tertiary/aromatic N) is 5. The molecule has 4 rings (SSSR count). The molecule has 1 aliphatic heterocycles. The summed E-state index contributed by atoms with van der Waals surface area (Å²) in [4.78, 5) is 38.7. The third kappa shape index (κ3) is 4.68. The minimum atomic E-state index is -1.44. The van der Waals surface area contributed by atoms with Crippen molar-refractivity contribution in [2.75, 3.05) is 33.1 Å². The molecule has 1 saturated carbocycles. The van der Waals surface area contributed by atoms with Crippen LogP contribution < -0.4 is 11.1 Å². The molecule has 14 nitrogen and oxygen atoms in total. The number of hydrogen-bond donors (Lipinski definition) is 4. The maximum Gasteiger partial charge on any atom is 0.409 e. The van der Waals surface area contributed by atoms with Gasteiger partial charge < -0.3 is 35.5 Å². The highest BCUT2D eigenvalue weighted by molar-refractivity contribution is 5.83. The number of carbonyl (C=O) groups is 2. The molecular weight excluding hydrogens is 438 g/mol. The van der Waals surface area contributed by atoms with Crippen LogP contribution in [0, 0.1) is 0 Å². The van der Waals surface area contributed by atoms with E-state index in [0.717, 1.165) is 12.8 Å². The second-order valence-electron chi connectivity index (χ2n) is 7.94. The summed E-state index contributed by atoms with van der Waals surface area (Å²) in [5.41, 5.74) is 6.51. The number of hydrogen-bond acceptors (Lipinski definition) is 11. The lowest BCUT2D eigenvalue weighted by Crippen LogP contribution is -2.43. The lowest BCUT2D eigenvalue weighted by atomic mass is 10.1. The molecule has 2 aromatic heterocycles. The SMILES string of the molecule is COCCN(Cc1nc(N)c2ncn([C@@H]3O[C@H](C(=O)NC4CC4)C(O)C3O)c2n1)C(=O)OC. The maximum atomic E-state index is 12.4. The number of nitrogen functional groups attached to an aromatic ring is 1. The fourth-order valence-electron chi connectivity index (χ4n) is 3.60. The largest absolute Gasteiger partial charge is 0.453 e. The Balaban J connectivity index is 1.60. The molecule has 3 heterocycles. The Kier molecular flexibility index (Phi) is 6.60. The van der Waals surface area contributed by atoms with Crippen molar-refractivity contribution in [2.24, 2.45) is 0 Å². The summed E-state index contributed by atoms with van der Waals surface area (Å²) < 4.78 is 16.9. The molecular formula is C19H27N7O7. The van der Waals surface area contributed by atoms with Crippen LogP contribution in [0.5, 0.6) is 0 Å². The Bertz CT molecular complexity index is 1030. The smallest absolute Gasteiger partial charge is 0.409 e. The fraction of sp³-hybridized carbons (Fsp3) is 0.632. The first-order chi connectivity index (χ1) is 15.8. The molecule has 33 heavy (non-hydrogen) atoms. The number of rotatable bonds is 8. The number of ether oxygens (including phenoxy) is 3. The minimum absolute atomic E-state index is 0.0233. The molecule has 4 atom stereocenters. The number of imidazole rings is 1. The Hall–Kier alpha value is -3.07. The molecule has 5 N–H and O–H groups in total. The molecule has 1 saturated heterocycles. The van der Waals surface area contributed by atoms with E-state index in [-0.39, 0.29) is 48.5 Å². The van der Waals surface area contributed by atoms with Gasteiger partial charge in [0.2, 0.25) is 0 Å². The van der Waals surface area contributed by atoms with Crippen LogP contribution in [-0.2, 0) is 25.5 Å². The topological polar surface area (TPSA) is 187 Å². The highest BCUT2D eigenvalue weighted by Crippen LogP contribution is 2.33. The van der Waals surface area contributed by atoms with Gasteiger partial charge in [0.05, 0.1) is 26.6 Å². The molecule has 180 valence electrons. The Morgan fingerprint density at radius 1 is 1.30 bits per heavy atom. The quantitative estimate of drug-likeness (QED) is 0.356. The number of aliphatic hydroxyl groups is 2. The van der Waals surface area contributed by atoms with Crippen LogP contribution in [0.1, 0.15) is 24.9 Å². The average Bonchev–Trinajstić information content (AvgIpc) is 3.43. The lowest BCUT2D eigenvalue weighted by molar-refractivity contribution is -0.137. The van der Waals surface area contributed by atoms with Gasteiger partial charge in [0.15, 0.2) is 29.6 Å². The van der Waals surface area contributed by atoms with E-state index in [1.807, 2.05) is 0 Å². The molecule has 0 aromatic carbocycles. The van der Waals surface area contributed by atoms with Gasteiger partial charge in [-0.25, -0.2) is 19.7 Å². The van der Waals surface area contributed by atoms with E-state index < -0.39 is 36.5 Å². The summed E-state index contributed by atoms with van der Waals surface area (Å²) in [6.07, 6.45) is -2.73. The van der Waals surface area contributed by atoms with Gasteiger partial charge in [-0.05, 0) is 12.8 Å². The number of methoxy groups -OCH3 is 2. The third-order valence-electron chi connectivity index (χ3n) is 5.52. The van der Waals surface area contributed by atoms with Gasteiger partial charge >= 0.3 is 6.09 Å². The molecule has 2 unspecified atom stereocenters. The molecule has 2 aromatic rings. The number of aliphatic hydroxyl groups excluding tert-OH is 2. The molecule has 0 radical (unpaired) electrons. The average molecular weight is 465 g/mol. The van der Waals surface area contributed by atoms with E-state index in [9.17, 15) is 19.8 Å². The standard InChI is InChI=1S/C19H27N7O7/c1-31-6-5-25(19(30)32-2)7-10-23-15(20)11-16(24-10)26(8-21-11)18-13(28)12(27)14(33-18)17(29)22-9-3-4-9/h8-9,12-14,18,27-28H,3-7H2,1-2H3,(H,22,29)(H2,20,23,24)/t12?,13?,14-,18+/m0/s1. The number of nitrogens with one attached hydrogen (secondary N) is 1. The monoisotopic (exact) mass is 465 g/mol. The van der Waals surface area contributed by atoms with Crippen LogP contribution in [0.3, 0.4) is 0 Å². The number of anilines is 1. The van der Waals surface area contributed by atoms with Crippen LogP contribution in [0.2, 0.25) is 0 Å². The van der Waals surface area contributed by atoms with E-state index in [2.05, 4.69) is 20.3 Å². The van der Waals surface area contributed by atoms with Crippen molar-refractivity contribution in [3.05, 3.63) is 12.2 Å². The van der Waals surface area contributed by atoms with E-state index in [4.69, 9.17) is 19.9 Å². The van der Waals surface area contributed by atoms with Crippen LogP contribution in [-0.4, -0.2) is 98.4 Å². The lowest BCUT2D eigenvalue weighted by Gasteiger charge is -2.20. The van der Waals surface area contributed by atoms with Crippen molar-refractivity contribution >= 4 is 29.0 Å². The minimum Gasteiger partial charge on any atom is -0.453 e. The van der Waals surface area contributed by atoms with Crippen molar-refractivity contribution in [3.8, 4) is 0 Å². The highest BCUT2D eigenvalue weighted by atomic mass is 16.6. The Labute approximate surface area is 188 Å². The number of fused-ring (bicyclic) bond motifs is 1. The molecule has 2 amide bonds. The molecule has 0 spiro atoms. The zero-order valence-corrected chi connectivity index (χ0v) is 18.2. The predicted octanol–water partition coefficient (Wildman–Crippen LogP) is -1.48. The van der Waals surface area contributed by atoms with Gasteiger partial charge in [-0.2, -0.15) is 0 Å². The van der Waals surface area contributed by atoms with E-state index >= 15 is 0 Å². The number of carbonyl (C=O) groups excluding carboxylic acids is 2. The predicted molar refractivity (Wildman–Crippen MR) is 112 cm³/mol. The van der Waals surface area contributed by atoms with Crippen LogP contribution in [0.25, 0.3) is 11.2 Å². The Morgan fingerprint density at radius 2 is 2.06 bits per heavy atom. The first-order valence-corrected chi connectivity index (χ1v) is 10.5. The van der Waals surface area contributed by atoms with E-state index in [1.54, 1.807) is 0 Å². The van der Waals surface area contributed by atoms with Crippen LogP contribution in [0.4, 0.5) is 10.6 Å². The first-order valence-electron chi connectivity index (χ1n) is 10.5. The molecule has 1 aliphatic carbocycles. The summed E-state index contributed by atoms with van der Waals surface area (Å²) in [5.74, 6) is -0.238. The van der Waals surface area contributed by atoms with Gasteiger partial charge in [0, 0.05) is 19.7 Å². The van der Waals surface area contributed by atoms with Crippen molar-refractivity contribution in [1.82, 2.24) is 29.7 Å². The second kappa shape index (κ2) is 9.43. The van der Waals surface area contributed by atoms with Crippen molar-refractivity contribution in [2.45, 2.75) is 50.0 Å². The Morgan fingerprint density at radius 3 is 2.73 bits per heavy atom. The fourth-order valence-corrected chi connectivity index (χ4v) is 3.60. The number of aromatic nitrogens is 4. The summed E-state index contributed by atoms with van der Waals surface area (Å²) >= 11 is 0. The summed E-state index contributed by atoms with van der Waals surface area (Å²) in [6, 6.07) is 0.0736. The number of nitrogens with two attached hydrogens (primary N) is 1. The van der Waals surface area contributed by atoms with Gasteiger partial charge in [0.1, 0.15) is 17.7 Å². The van der Waals surface area contributed by atoms with Gasteiger partial charge in [0.25, 0.3) is 5.91 Å². The summed E-state index contributed by atoms with van der Waals surface area (Å²) in [7, 11) is 2.77. The molecule has 0 bridgehead atoms. The maximum absolute atomic E-state index is 12.4. The zero-order chi connectivity index (χ0) is 23.7. The van der Waals surface area contributed by atoms with Gasteiger partial charge in [-0.1, -0.05) is 0 Å². The molecule has 14 heteroatoms. The van der Waals surface area contributed by atoms with Crippen molar-refractivity contribution in [3.63, 3.8) is 0 Å². The van der Waals surface area contributed by atoms with Crippen molar-refractivity contribution < 1.29 is 34.0 Å². The van der Waals surface area contributed by atoms with Gasteiger partial charge in [-0.3, -0.25) is 14.3 Å². The normalized spacial score (nSPS) is 24.7. The first kappa shape index (κ1) is 23.1. The molecule has 2 fully saturated rings. The van der Waals surface area contributed by atoms with E-state index in [1.165, 1.54) is 30.0 Å². The van der Waals surface area contributed by atoms with Gasteiger partial charge in [-0.15, -0.1) is 0 Å². The van der Waals surface area contributed by atoms with E-state index in [0.29, 0.717) is 0 Å². The van der Waals surface area contributed by atoms with Crippen LogP contribution in [0.15, 0.2) is 6.33 Å². The number of amides is 2. The summed E-state index contributed by atoms with van der Waals surface area (Å²) in [5, 5.41) is 23.7. The second-order valence-corrected chi connectivity index (χ2v) is 7.94. The highest BCUT2D eigenvalue weighted by Gasteiger charge is 2.48. The van der Waals surface area contributed by atoms with Crippen LogP contribution >= 0.6 is 0 Å². The molecule has 2 aliphatic rings. The summed E-state index contributed by atoms with van der Waals surface area (Å²) in [6.45, 7) is 0.484. The zero-order valence-electron chi connectivity index (χ0n) is 18.2. The third-order valence-corrected chi connectivity index (χ3v) is 5.52. The van der Waals surface area contributed by atoms with Crippen molar-refractivity contribution in [1.29, 1.82) is 0 Å².